The Kier molecular flexibility index (Phi) is 4.99. The fourth-order valence-corrected chi connectivity index (χ4v) is 4.08. The van der Waals surface area contributed by atoms with Gasteiger partial charge in [-0.1, -0.05) is 30.3 Å². The normalized spacial score (nSPS) is 16.0. The molecule has 3 rings (SSSR count). The molecule has 0 aliphatic heterocycles. The average molecular weight is 396 g/mol. The number of halogens is 1. The molecule has 1 heterocycles. The maximum absolute atomic E-state index is 12.1. The Balaban J connectivity index is 1.76. The summed E-state index contributed by atoms with van der Waals surface area (Å²) in [6.07, 6.45) is 4.94. The summed E-state index contributed by atoms with van der Waals surface area (Å²) in [4.78, 5) is 4.13. The monoisotopic (exact) mass is 395 g/mol. The Morgan fingerprint density at radius 3 is 2.61 bits per heavy atom. The second-order valence-electron chi connectivity index (χ2n) is 5.59. The zero-order valence-corrected chi connectivity index (χ0v) is 14.8. The maximum atomic E-state index is 12.1. The summed E-state index contributed by atoms with van der Waals surface area (Å²) in [5, 5.41) is 3.13. The molecule has 1 atom stereocenters. The number of sulfonamides is 1. The molecule has 7 heteroatoms. The predicted octanol–water partition coefficient (Wildman–Crippen LogP) is 3.08. The minimum Gasteiger partial charge on any atom is -0.376 e. The van der Waals surface area contributed by atoms with Crippen LogP contribution in [0.1, 0.15) is 24.4 Å². The van der Waals surface area contributed by atoms with E-state index < -0.39 is 10.0 Å². The minimum absolute atomic E-state index is 0.166. The first-order valence-electron chi connectivity index (χ1n) is 7.45. The Morgan fingerprint density at radius 2 is 1.96 bits per heavy atom. The van der Waals surface area contributed by atoms with Gasteiger partial charge in [-0.15, -0.1) is 0 Å². The Labute approximate surface area is 144 Å². The van der Waals surface area contributed by atoms with Gasteiger partial charge in [-0.05, 0) is 40.4 Å². The summed E-state index contributed by atoms with van der Waals surface area (Å²) >= 11 is 3.39. The first-order chi connectivity index (χ1) is 11.0. The van der Waals surface area contributed by atoms with Gasteiger partial charge in [0.1, 0.15) is 0 Å². The van der Waals surface area contributed by atoms with Gasteiger partial charge >= 0.3 is 0 Å². The average Bonchev–Trinajstić information content (AvgIpc) is 3.38. The molecular formula is C16H18BrN3O2S. The molecule has 0 amide bonds. The number of nitrogens with one attached hydrogen (secondary N) is 2. The highest BCUT2D eigenvalue weighted by molar-refractivity contribution is 9.10. The molecule has 122 valence electrons. The second-order valence-corrected chi connectivity index (χ2v) is 8.55. The number of pyridine rings is 1. The van der Waals surface area contributed by atoms with E-state index in [1.807, 2.05) is 36.4 Å². The Morgan fingerprint density at radius 1 is 1.22 bits per heavy atom. The Bertz CT molecular complexity index is 764. The summed E-state index contributed by atoms with van der Waals surface area (Å²) in [5.41, 5.74) is 1.85. The van der Waals surface area contributed by atoms with E-state index >= 15 is 0 Å². The lowest BCUT2D eigenvalue weighted by Gasteiger charge is -2.21. The molecule has 2 aromatic rings. The largest absolute Gasteiger partial charge is 0.376 e. The van der Waals surface area contributed by atoms with Crippen molar-refractivity contribution >= 4 is 31.6 Å². The number of hydrogen-bond donors (Lipinski definition) is 2. The highest BCUT2D eigenvalue weighted by atomic mass is 79.9. The van der Waals surface area contributed by atoms with Crippen LogP contribution in [-0.4, -0.2) is 25.2 Å². The molecule has 5 nitrogen and oxygen atoms in total. The number of anilines is 1. The van der Waals surface area contributed by atoms with Crippen LogP contribution in [0.4, 0.5) is 5.69 Å². The van der Waals surface area contributed by atoms with Crippen LogP contribution in [-0.2, 0) is 10.0 Å². The maximum Gasteiger partial charge on any atom is 0.214 e. The first kappa shape index (κ1) is 16.4. The lowest BCUT2D eigenvalue weighted by atomic mass is 10.1. The van der Waals surface area contributed by atoms with E-state index in [4.69, 9.17) is 0 Å². The highest BCUT2D eigenvalue weighted by Gasteiger charge is 2.35. The lowest BCUT2D eigenvalue weighted by Crippen LogP contribution is -2.33. The van der Waals surface area contributed by atoms with E-state index in [2.05, 4.69) is 31.0 Å². The van der Waals surface area contributed by atoms with Gasteiger partial charge in [0.2, 0.25) is 10.0 Å². The van der Waals surface area contributed by atoms with Crippen LogP contribution in [0.5, 0.6) is 0 Å². The topological polar surface area (TPSA) is 71.1 Å². The molecule has 1 aromatic heterocycles. The molecule has 1 aromatic carbocycles. The summed E-state index contributed by atoms with van der Waals surface area (Å²) in [5.74, 6) is 0. The van der Waals surface area contributed by atoms with E-state index in [0.29, 0.717) is 6.54 Å². The number of hydrogen-bond acceptors (Lipinski definition) is 4. The van der Waals surface area contributed by atoms with Crippen molar-refractivity contribution in [3.63, 3.8) is 0 Å². The molecule has 0 radical (unpaired) electrons. The van der Waals surface area contributed by atoms with Crippen LogP contribution in [0.25, 0.3) is 0 Å². The predicted molar refractivity (Wildman–Crippen MR) is 94.7 cm³/mol. The molecule has 0 saturated heterocycles. The third-order valence-electron chi connectivity index (χ3n) is 3.70. The van der Waals surface area contributed by atoms with Crippen molar-refractivity contribution in [2.45, 2.75) is 24.1 Å². The molecule has 0 bridgehead atoms. The van der Waals surface area contributed by atoms with Crippen molar-refractivity contribution in [1.29, 1.82) is 0 Å². The van der Waals surface area contributed by atoms with Gasteiger partial charge in [0.15, 0.2) is 0 Å². The van der Waals surface area contributed by atoms with Crippen molar-refractivity contribution in [1.82, 2.24) is 9.71 Å². The third-order valence-corrected chi connectivity index (χ3v) is 6.05. The number of benzene rings is 1. The smallest absolute Gasteiger partial charge is 0.214 e. The standard InChI is InChI=1S/C16H18BrN3O2S/c17-13-8-14(10-18-9-13)20-16(12-4-2-1-3-5-12)11-19-23(21,22)15-6-7-15/h1-5,8-10,15-16,19-20H,6-7,11H2/t16-/m0/s1. The van der Waals surface area contributed by atoms with Crippen molar-refractivity contribution in [2.24, 2.45) is 0 Å². The van der Waals surface area contributed by atoms with Gasteiger partial charge in [0.25, 0.3) is 0 Å². The van der Waals surface area contributed by atoms with Crippen LogP contribution < -0.4 is 10.0 Å². The lowest BCUT2D eigenvalue weighted by molar-refractivity contribution is 0.574. The first-order valence-corrected chi connectivity index (χ1v) is 9.79. The van der Waals surface area contributed by atoms with Gasteiger partial charge in [0, 0.05) is 17.2 Å². The van der Waals surface area contributed by atoms with Crippen LogP contribution in [0.15, 0.2) is 53.3 Å². The van der Waals surface area contributed by atoms with Crippen LogP contribution in [0.2, 0.25) is 0 Å². The van der Waals surface area contributed by atoms with Crippen molar-refractivity contribution in [2.75, 3.05) is 11.9 Å². The number of aromatic nitrogens is 1. The van der Waals surface area contributed by atoms with E-state index in [1.54, 1.807) is 12.4 Å². The van der Waals surface area contributed by atoms with Crippen LogP contribution in [0, 0.1) is 0 Å². The van der Waals surface area contributed by atoms with E-state index in [0.717, 1.165) is 28.6 Å². The van der Waals surface area contributed by atoms with Crippen molar-refractivity contribution < 1.29 is 8.42 Å². The van der Waals surface area contributed by atoms with E-state index in [-0.39, 0.29) is 11.3 Å². The van der Waals surface area contributed by atoms with E-state index in [1.165, 1.54) is 0 Å². The molecule has 1 aliphatic carbocycles. The highest BCUT2D eigenvalue weighted by Crippen LogP contribution is 2.28. The van der Waals surface area contributed by atoms with Crippen molar-refractivity contribution in [3.8, 4) is 0 Å². The number of nitrogens with zero attached hydrogens (tertiary/aromatic N) is 1. The fourth-order valence-electron chi connectivity index (χ4n) is 2.33. The van der Waals surface area contributed by atoms with Gasteiger partial charge < -0.3 is 5.32 Å². The molecule has 0 spiro atoms. The zero-order chi connectivity index (χ0) is 16.3. The molecule has 0 unspecified atom stereocenters. The number of rotatable bonds is 7. The molecule has 1 aliphatic rings. The molecular weight excluding hydrogens is 378 g/mol. The van der Waals surface area contributed by atoms with Gasteiger partial charge in [-0.25, -0.2) is 13.1 Å². The van der Waals surface area contributed by atoms with Crippen LogP contribution in [0.3, 0.4) is 0 Å². The molecule has 1 fully saturated rings. The SMILES string of the molecule is O=S(=O)(NC[C@H](Nc1cncc(Br)c1)c1ccccc1)C1CC1. The zero-order valence-electron chi connectivity index (χ0n) is 12.4. The molecule has 2 N–H and O–H groups in total. The fraction of sp³-hybridized carbons (Fsp3) is 0.312. The Hall–Kier alpha value is -1.44. The molecule has 1 saturated carbocycles. The summed E-state index contributed by atoms with van der Waals surface area (Å²) in [6.45, 7) is 0.301. The van der Waals surface area contributed by atoms with Gasteiger partial charge in [-0.3, -0.25) is 4.98 Å². The van der Waals surface area contributed by atoms with Gasteiger partial charge in [0.05, 0.1) is 23.2 Å². The summed E-state index contributed by atoms with van der Waals surface area (Å²) < 4.78 is 27.8. The summed E-state index contributed by atoms with van der Waals surface area (Å²) in [7, 11) is -3.21. The van der Waals surface area contributed by atoms with Crippen molar-refractivity contribution in [3.05, 3.63) is 58.8 Å². The van der Waals surface area contributed by atoms with Crippen LogP contribution >= 0.6 is 15.9 Å². The summed E-state index contributed by atoms with van der Waals surface area (Å²) in [6, 6.07) is 11.5. The third kappa shape index (κ3) is 4.53. The molecule has 23 heavy (non-hydrogen) atoms. The van der Waals surface area contributed by atoms with E-state index in [9.17, 15) is 8.42 Å². The quantitative estimate of drug-likeness (QED) is 0.755. The van der Waals surface area contributed by atoms with Gasteiger partial charge in [-0.2, -0.15) is 0 Å². The second kappa shape index (κ2) is 6.98. The minimum atomic E-state index is -3.21.